The summed E-state index contributed by atoms with van der Waals surface area (Å²) in [6.07, 6.45) is 1.16. The van der Waals surface area contributed by atoms with Crippen LogP contribution in [-0.4, -0.2) is 78.1 Å². The van der Waals surface area contributed by atoms with Crippen LogP contribution in [0.3, 0.4) is 0 Å². The number of thiol groups is 1. The minimum Gasteiger partial charge on any atom is -0.365 e. The summed E-state index contributed by atoms with van der Waals surface area (Å²) in [5.74, 6) is 0.305. The highest BCUT2D eigenvalue weighted by molar-refractivity contribution is 7.80. The molecule has 3 amide bonds. The van der Waals surface area contributed by atoms with E-state index in [1.807, 2.05) is 0 Å². The fourth-order valence-corrected chi connectivity index (χ4v) is 4.39. The van der Waals surface area contributed by atoms with Gasteiger partial charge in [0.05, 0.1) is 12.6 Å². The molecule has 3 saturated heterocycles. The first-order valence-corrected chi connectivity index (χ1v) is 10.2. The number of rotatable bonds is 7. The van der Waals surface area contributed by atoms with Gasteiger partial charge in [-0.15, -0.1) is 4.28 Å². The third kappa shape index (κ3) is 3.64. The smallest absolute Gasteiger partial charge is 0.365 e. The minimum atomic E-state index is -4.87. The fraction of sp³-hybridized carbons (Fsp3) is 0.846. The molecule has 0 aromatic rings. The van der Waals surface area contributed by atoms with Gasteiger partial charge >= 0.3 is 16.4 Å². The molecule has 3 aliphatic heterocycles. The van der Waals surface area contributed by atoms with Crippen LogP contribution >= 0.6 is 12.6 Å². The zero-order valence-corrected chi connectivity index (χ0v) is 15.6. The van der Waals surface area contributed by atoms with E-state index >= 15 is 0 Å². The Hall–Kier alpha value is -1.12. The Morgan fingerprint density at radius 3 is 2.81 bits per heavy atom. The highest BCUT2D eigenvalue weighted by atomic mass is 32.3. The lowest BCUT2D eigenvalue weighted by Crippen LogP contribution is -2.62. The maximum Gasteiger partial charge on any atom is 0.418 e. The third-order valence-electron chi connectivity index (χ3n) is 5.05. The highest BCUT2D eigenvalue weighted by Crippen LogP contribution is 2.38. The van der Waals surface area contributed by atoms with Gasteiger partial charge in [0.2, 0.25) is 5.72 Å². The number of carbonyl (C=O) groups is 2. The maximum atomic E-state index is 12.5. The highest BCUT2D eigenvalue weighted by Gasteiger charge is 2.58. The van der Waals surface area contributed by atoms with Crippen molar-refractivity contribution in [3.8, 4) is 0 Å². The molecule has 11 nitrogen and oxygen atoms in total. The summed E-state index contributed by atoms with van der Waals surface area (Å²) in [5, 5.41) is 3.82. The lowest BCUT2D eigenvalue weighted by atomic mass is 9.96. The maximum absolute atomic E-state index is 12.5. The standard InChI is InChI=1S/C13H22N4O7S2/c14-11(18)13(23-6-9-3-8(7-25)4-15-9)2-1-10-5-16(13)12(19)17(10)24-26(20,21)22/h8-10,15,25H,1-7H2,(H2,14,18)(H,20,21,22)/t8-,9+,10?,13?/m0/s1. The van der Waals surface area contributed by atoms with Crippen molar-refractivity contribution in [3.63, 3.8) is 0 Å². The average Bonchev–Trinajstić information content (AvgIpc) is 3.12. The SMILES string of the molecule is NC(=O)C1(OC[C@H]2C[C@H](CS)CN2)CCC2CN1C(=O)N2OS(=O)(=O)O. The third-order valence-corrected chi connectivity index (χ3v) is 5.92. The zero-order chi connectivity index (χ0) is 19.1. The van der Waals surface area contributed by atoms with Crippen molar-refractivity contribution >= 4 is 35.0 Å². The molecule has 4 atom stereocenters. The number of hydrogen-bond acceptors (Lipinski definition) is 8. The van der Waals surface area contributed by atoms with Crippen molar-refractivity contribution in [2.45, 2.75) is 37.1 Å². The molecule has 0 saturated carbocycles. The van der Waals surface area contributed by atoms with E-state index in [1.54, 1.807) is 0 Å². The number of hydrogen-bond donors (Lipinski definition) is 4. The fourth-order valence-electron chi connectivity index (χ4n) is 3.72. The summed E-state index contributed by atoms with van der Waals surface area (Å²) in [6.45, 7) is 0.970. The molecule has 3 heterocycles. The molecule has 0 radical (unpaired) electrons. The summed E-state index contributed by atoms with van der Waals surface area (Å²) in [6, 6.07) is -1.51. The van der Waals surface area contributed by atoms with Crippen molar-refractivity contribution in [2.75, 3.05) is 25.4 Å². The lowest BCUT2D eigenvalue weighted by molar-refractivity contribution is -0.175. The number of primary amides is 1. The Kier molecular flexibility index (Phi) is 5.38. The molecule has 0 aromatic carbocycles. The van der Waals surface area contributed by atoms with Crippen molar-refractivity contribution < 1.29 is 31.6 Å². The second kappa shape index (κ2) is 7.13. The molecule has 3 rings (SSSR count). The van der Waals surface area contributed by atoms with Gasteiger partial charge in [-0.1, -0.05) is 0 Å². The Balaban J connectivity index is 1.74. The van der Waals surface area contributed by atoms with Crippen molar-refractivity contribution in [2.24, 2.45) is 11.7 Å². The molecule has 0 aromatic heterocycles. The molecule has 4 N–H and O–H groups in total. The van der Waals surface area contributed by atoms with Crippen LogP contribution in [0.15, 0.2) is 0 Å². The first kappa shape index (κ1) is 19.6. The van der Waals surface area contributed by atoms with Crippen LogP contribution in [-0.2, 0) is 24.2 Å². The average molecular weight is 410 g/mol. The van der Waals surface area contributed by atoms with E-state index in [4.69, 9.17) is 15.0 Å². The van der Waals surface area contributed by atoms with Crippen molar-refractivity contribution in [1.29, 1.82) is 0 Å². The van der Waals surface area contributed by atoms with Gasteiger partial charge in [0.25, 0.3) is 5.91 Å². The first-order chi connectivity index (χ1) is 12.2. The lowest BCUT2D eigenvalue weighted by Gasteiger charge is -2.40. The Morgan fingerprint density at radius 1 is 1.50 bits per heavy atom. The summed E-state index contributed by atoms with van der Waals surface area (Å²) < 4.78 is 41.0. The van der Waals surface area contributed by atoms with Gasteiger partial charge in [-0.3, -0.25) is 14.2 Å². The summed E-state index contributed by atoms with van der Waals surface area (Å²) in [5.41, 5.74) is 3.87. The molecule has 26 heavy (non-hydrogen) atoms. The minimum absolute atomic E-state index is 0.00368. The van der Waals surface area contributed by atoms with Crippen LogP contribution in [0.4, 0.5) is 4.79 Å². The molecule has 2 unspecified atom stereocenters. The van der Waals surface area contributed by atoms with E-state index in [1.165, 1.54) is 0 Å². The number of nitrogens with two attached hydrogens (primary N) is 1. The van der Waals surface area contributed by atoms with E-state index in [0.717, 1.165) is 23.6 Å². The molecule has 13 heteroatoms. The molecule has 0 aliphatic carbocycles. The van der Waals surface area contributed by atoms with E-state index in [2.05, 4.69) is 22.2 Å². The number of hydroxylamine groups is 2. The number of amides is 3. The second-order valence-corrected chi connectivity index (χ2v) is 8.13. The Bertz CT molecular complexity index is 690. The predicted octanol–water partition coefficient (Wildman–Crippen LogP) is -1.27. The molecule has 2 bridgehead atoms. The topological polar surface area (TPSA) is 151 Å². The summed E-state index contributed by atoms with van der Waals surface area (Å²) in [7, 11) is -4.87. The van der Waals surface area contributed by atoms with Crippen LogP contribution in [0.5, 0.6) is 0 Å². The van der Waals surface area contributed by atoms with Gasteiger partial charge in [-0.05, 0) is 31.1 Å². The molecule has 3 aliphatic rings. The normalized spacial score (nSPS) is 34.5. The van der Waals surface area contributed by atoms with Crippen LogP contribution in [0, 0.1) is 5.92 Å². The molecular formula is C13H22N4O7S2. The Morgan fingerprint density at radius 2 is 2.23 bits per heavy atom. The molecule has 3 fully saturated rings. The van der Waals surface area contributed by atoms with Gasteiger partial charge in [0.1, 0.15) is 0 Å². The number of nitrogens with one attached hydrogen (secondary N) is 1. The number of piperidine rings is 1. The summed E-state index contributed by atoms with van der Waals surface area (Å²) in [4.78, 5) is 25.8. The van der Waals surface area contributed by atoms with Crippen LogP contribution < -0.4 is 11.1 Å². The quantitative estimate of drug-likeness (QED) is 0.299. The van der Waals surface area contributed by atoms with Crippen LogP contribution in [0.1, 0.15) is 19.3 Å². The molecule has 0 spiro atoms. The second-order valence-electron chi connectivity index (χ2n) is 6.76. The van der Waals surface area contributed by atoms with E-state index in [0.29, 0.717) is 11.0 Å². The number of urea groups is 1. The molecule has 148 valence electrons. The van der Waals surface area contributed by atoms with E-state index in [-0.39, 0.29) is 32.0 Å². The monoisotopic (exact) mass is 410 g/mol. The predicted molar refractivity (Wildman–Crippen MR) is 91.2 cm³/mol. The zero-order valence-electron chi connectivity index (χ0n) is 13.9. The Labute approximate surface area is 156 Å². The van der Waals surface area contributed by atoms with Gasteiger partial charge in [0, 0.05) is 19.0 Å². The number of carbonyl (C=O) groups excluding carboxylic acids is 2. The van der Waals surface area contributed by atoms with Crippen molar-refractivity contribution in [1.82, 2.24) is 15.3 Å². The van der Waals surface area contributed by atoms with Crippen molar-refractivity contribution in [3.05, 3.63) is 0 Å². The van der Waals surface area contributed by atoms with Gasteiger partial charge in [-0.25, -0.2) is 4.79 Å². The van der Waals surface area contributed by atoms with E-state index in [9.17, 15) is 18.0 Å². The van der Waals surface area contributed by atoms with Gasteiger partial charge in [0.15, 0.2) is 0 Å². The number of fused-ring (bicyclic) bond motifs is 2. The number of nitrogens with zero attached hydrogens (tertiary/aromatic N) is 2. The first-order valence-electron chi connectivity index (χ1n) is 8.22. The summed E-state index contributed by atoms with van der Waals surface area (Å²) >= 11 is 4.27. The molecular weight excluding hydrogens is 388 g/mol. The van der Waals surface area contributed by atoms with Gasteiger partial charge < -0.3 is 15.8 Å². The number of ether oxygens (including phenoxy) is 1. The van der Waals surface area contributed by atoms with Crippen LogP contribution in [0.2, 0.25) is 0 Å². The van der Waals surface area contributed by atoms with E-state index < -0.39 is 34.1 Å². The largest absolute Gasteiger partial charge is 0.418 e. The van der Waals surface area contributed by atoms with Crippen LogP contribution in [0.25, 0.3) is 0 Å². The van der Waals surface area contributed by atoms with Gasteiger partial charge in [-0.2, -0.15) is 26.1 Å².